The van der Waals surface area contributed by atoms with Crippen LogP contribution in [0.15, 0.2) is 33.5 Å². The minimum atomic E-state index is -0.363. The lowest BCUT2D eigenvalue weighted by Crippen LogP contribution is -2.02. The Labute approximate surface area is 104 Å². The van der Waals surface area contributed by atoms with Gasteiger partial charge in [-0.3, -0.25) is 4.79 Å². The van der Waals surface area contributed by atoms with Gasteiger partial charge in [-0.2, -0.15) is 0 Å². The molecule has 1 heterocycles. The highest BCUT2D eigenvalue weighted by Crippen LogP contribution is 2.23. The van der Waals surface area contributed by atoms with Crippen LogP contribution >= 0.6 is 0 Å². The van der Waals surface area contributed by atoms with Gasteiger partial charge in [0, 0.05) is 17.5 Å². The molecule has 2 rings (SSSR count). The molecule has 0 saturated heterocycles. The molecule has 0 N–H and O–H groups in total. The molecule has 18 heavy (non-hydrogen) atoms. The number of carbonyl (C=O) groups is 1. The maximum absolute atomic E-state index is 11.4. The van der Waals surface area contributed by atoms with Crippen molar-refractivity contribution < 1.29 is 13.9 Å². The quantitative estimate of drug-likeness (QED) is 0.600. The van der Waals surface area contributed by atoms with Crippen LogP contribution in [0.5, 0.6) is 5.75 Å². The summed E-state index contributed by atoms with van der Waals surface area (Å²) in [6.45, 7) is 2.05. The highest BCUT2D eigenvalue weighted by atomic mass is 16.5. The van der Waals surface area contributed by atoms with E-state index in [4.69, 9.17) is 9.15 Å². The van der Waals surface area contributed by atoms with Crippen molar-refractivity contribution in [2.45, 2.75) is 19.8 Å². The number of aryl methyl sites for hydroxylation is 1. The molecule has 0 aliphatic rings. The highest BCUT2D eigenvalue weighted by Gasteiger charge is 2.06. The Kier molecular flexibility index (Phi) is 3.77. The Morgan fingerprint density at radius 2 is 2.17 bits per heavy atom. The Balaban J connectivity index is 2.49. The maximum Gasteiger partial charge on any atom is 0.336 e. The van der Waals surface area contributed by atoms with Crippen molar-refractivity contribution in [3.8, 4) is 5.75 Å². The third kappa shape index (κ3) is 2.59. The zero-order valence-electron chi connectivity index (χ0n) is 10.1. The minimum Gasteiger partial charge on any atom is -0.486 e. The molecular weight excluding hydrogens is 232 g/mol. The van der Waals surface area contributed by atoms with Gasteiger partial charge in [-0.15, -0.1) is 0 Å². The molecule has 4 heteroatoms. The smallest absolute Gasteiger partial charge is 0.336 e. The first-order valence-electron chi connectivity index (χ1n) is 5.88. The second-order valence-electron chi connectivity index (χ2n) is 3.98. The van der Waals surface area contributed by atoms with Crippen LogP contribution < -0.4 is 10.4 Å². The fourth-order valence-electron chi connectivity index (χ4n) is 1.91. The maximum atomic E-state index is 11.4. The van der Waals surface area contributed by atoms with Gasteiger partial charge in [0.2, 0.25) is 0 Å². The SMILES string of the molecule is CCCc1cc(=O)oc2cc(OCC=O)ccc12. The molecule has 94 valence electrons. The molecule has 2 aromatic rings. The van der Waals surface area contributed by atoms with E-state index in [1.807, 2.05) is 6.07 Å². The topological polar surface area (TPSA) is 56.5 Å². The molecule has 0 atom stereocenters. The van der Waals surface area contributed by atoms with Gasteiger partial charge in [-0.05, 0) is 24.1 Å². The van der Waals surface area contributed by atoms with E-state index in [-0.39, 0.29) is 12.2 Å². The lowest BCUT2D eigenvalue weighted by atomic mass is 10.1. The van der Waals surface area contributed by atoms with Crippen LogP contribution in [0.3, 0.4) is 0 Å². The standard InChI is InChI=1S/C14H14O4/c1-2-3-10-8-14(16)18-13-9-11(17-7-6-15)4-5-12(10)13/h4-6,8-9H,2-3,7H2,1H3. The molecule has 1 aromatic heterocycles. The summed E-state index contributed by atoms with van der Waals surface area (Å²) in [5, 5.41) is 0.912. The number of hydrogen-bond donors (Lipinski definition) is 0. The van der Waals surface area contributed by atoms with Crippen molar-refractivity contribution in [3.63, 3.8) is 0 Å². The molecule has 0 saturated carbocycles. The number of hydrogen-bond acceptors (Lipinski definition) is 4. The molecular formula is C14H14O4. The molecule has 0 amide bonds. The first-order valence-corrected chi connectivity index (χ1v) is 5.88. The summed E-state index contributed by atoms with van der Waals surface area (Å²) < 4.78 is 10.3. The lowest BCUT2D eigenvalue weighted by Gasteiger charge is -2.06. The van der Waals surface area contributed by atoms with Crippen LogP contribution in [0.25, 0.3) is 11.0 Å². The summed E-state index contributed by atoms with van der Waals surface area (Å²) in [6, 6.07) is 6.78. The van der Waals surface area contributed by atoms with Gasteiger partial charge in [-0.1, -0.05) is 13.3 Å². The summed E-state index contributed by atoms with van der Waals surface area (Å²) in [7, 11) is 0. The van der Waals surface area contributed by atoms with E-state index in [9.17, 15) is 9.59 Å². The van der Waals surface area contributed by atoms with Crippen molar-refractivity contribution in [2.24, 2.45) is 0 Å². The van der Waals surface area contributed by atoms with Crippen LogP contribution in [0.4, 0.5) is 0 Å². The van der Waals surface area contributed by atoms with Gasteiger partial charge in [0.15, 0.2) is 6.29 Å². The van der Waals surface area contributed by atoms with Crippen molar-refractivity contribution in [1.29, 1.82) is 0 Å². The molecule has 0 aliphatic heterocycles. The van der Waals surface area contributed by atoms with Gasteiger partial charge in [0.05, 0.1) is 0 Å². The zero-order chi connectivity index (χ0) is 13.0. The summed E-state index contributed by atoms with van der Waals surface area (Å²) in [6.07, 6.45) is 2.46. The van der Waals surface area contributed by atoms with E-state index < -0.39 is 0 Å². The van der Waals surface area contributed by atoms with Gasteiger partial charge >= 0.3 is 5.63 Å². The largest absolute Gasteiger partial charge is 0.486 e. The van der Waals surface area contributed by atoms with E-state index in [0.29, 0.717) is 17.6 Å². The van der Waals surface area contributed by atoms with Gasteiger partial charge in [-0.25, -0.2) is 4.79 Å². The minimum absolute atomic E-state index is 0.00953. The molecule has 0 unspecified atom stereocenters. The number of carbonyl (C=O) groups excluding carboxylic acids is 1. The van der Waals surface area contributed by atoms with Crippen LogP contribution in [-0.4, -0.2) is 12.9 Å². The van der Waals surface area contributed by atoms with Crippen molar-refractivity contribution in [1.82, 2.24) is 0 Å². The Morgan fingerprint density at radius 1 is 1.33 bits per heavy atom. The molecule has 0 radical (unpaired) electrons. The highest BCUT2D eigenvalue weighted by molar-refractivity contribution is 5.81. The first-order chi connectivity index (χ1) is 8.74. The van der Waals surface area contributed by atoms with Crippen molar-refractivity contribution in [2.75, 3.05) is 6.61 Å². The third-order valence-electron chi connectivity index (χ3n) is 2.64. The van der Waals surface area contributed by atoms with E-state index in [1.54, 1.807) is 12.1 Å². The molecule has 4 nitrogen and oxygen atoms in total. The van der Waals surface area contributed by atoms with Gasteiger partial charge in [0.1, 0.15) is 17.9 Å². The number of aldehydes is 1. The molecule has 1 aromatic carbocycles. The Bertz CT molecular complexity index is 613. The van der Waals surface area contributed by atoms with E-state index >= 15 is 0 Å². The molecule has 0 spiro atoms. The predicted octanol–water partition coefficient (Wildman–Crippen LogP) is 2.32. The van der Waals surface area contributed by atoms with Crippen LogP contribution in [-0.2, 0) is 11.2 Å². The second kappa shape index (κ2) is 5.49. The predicted molar refractivity (Wildman–Crippen MR) is 68.0 cm³/mol. The van der Waals surface area contributed by atoms with Crippen LogP contribution in [0, 0.1) is 0 Å². The number of ether oxygens (including phenoxy) is 1. The second-order valence-corrected chi connectivity index (χ2v) is 3.98. The van der Waals surface area contributed by atoms with E-state index in [1.165, 1.54) is 6.07 Å². The number of rotatable bonds is 5. The van der Waals surface area contributed by atoms with Crippen LogP contribution in [0.2, 0.25) is 0 Å². The third-order valence-corrected chi connectivity index (χ3v) is 2.64. The van der Waals surface area contributed by atoms with E-state index in [2.05, 4.69) is 6.92 Å². The average molecular weight is 246 g/mol. The van der Waals surface area contributed by atoms with Gasteiger partial charge < -0.3 is 9.15 Å². The molecule has 0 bridgehead atoms. The average Bonchev–Trinajstić information content (AvgIpc) is 2.36. The number of fused-ring (bicyclic) bond motifs is 1. The fourth-order valence-corrected chi connectivity index (χ4v) is 1.91. The summed E-state index contributed by atoms with van der Waals surface area (Å²) in [5.41, 5.74) is 1.11. The summed E-state index contributed by atoms with van der Waals surface area (Å²) in [4.78, 5) is 21.7. The van der Waals surface area contributed by atoms with Crippen LogP contribution in [0.1, 0.15) is 18.9 Å². The van der Waals surface area contributed by atoms with Crippen molar-refractivity contribution in [3.05, 3.63) is 40.2 Å². The zero-order valence-corrected chi connectivity index (χ0v) is 10.1. The lowest BCUT2D eigenvalue weighted by molar-refractivity contribution is -0.109. The first kappa shape index (κ1) is 12.4. The normalized spacial score (nSPS) is 10.5. The van der Waals surface area contributed by atoms with Gasteiger partial charge in [0.25, 0.3) is 0 Å². The summed E-state index contributed by atoms with van der Waals surface area (Å²) >= 11 is 0. The fraction of sp³-hybridized carbons (Fsp3) is 0.286. The van der Waals surface area contributed by atoms with Crippen molar-refractivity contribution >= 4 is 17.3 Å². The number of benzene rings is 1. The van der Waals surface area contributed by atoms with E-state index in [0.717, 1.165) is 23.8 Å². The summed E-state index contributed by atoms with van der Waals surface area (Å²) in [5.74, 6) is 0.520. The molecule has 0 aliphatic carbocycles. The Morgan fingerprint density at radius 3 is 2.89 bits per heavy atom. The molecule has 0 fully saturated rings. The Hall–Kier alpha value is -2.10. The monoisotopic (exact) mass is 246 g/mol.